The summed E-state index contributed by atoms with van der Waals surface area (Å²) in [6, 6.07) is 4.74. The van der Waals surface area contributed by atoms with E-state index in [-0.39, 0.29) is 4.90 Å². The highest BCUT2D eigenvalue weighted by Crippen LogP contribution is 2.26. The van der Waals surface area contributed by atoms with Gasteiger partial charge in [0.05, 0.1) is 4.90 Å². The second-order valence-electron chi connectivity index (χ2n) is 6.41. The summed E-state index contributed by atoms with van der Waals surface area (Å²) >= 11 is 0. The molecule has 0 unspecified atom stereocenters. The topological polar surface area (TPSA) is 92.8 Å². The van der Waals surface area contributed by atoms with Gasteiger partial charge in [0.2, 0.25) is 10.0 Å². The smallest absolute Gasteiger partial charge is 0.330 e. The molecular weight excluding hydrogens is 368 g/mol. The average molecular weight is 394 g/mol. The standard InChI is InChI=1S/C19H26N2O5S/c1-3-4-8-19(23)26-14-18(22)20-16-10-9-15(2)17(13-16)27(24,25)21-11-6-5-7-12-21/h4,8-10,13H,3,5-7,11-12,14H2,1-2H3,(H,20,22)/b8-4+. The van der Waals surface area contributed by atoms with E-state index in [0.717, 1.165) is 19.3 Å². The Labute approximate surface area is 160 Å². The molecule has 0 aliphatic carbocycles. The number of hydrogen-bond donors (Lipinski definition) is 1. The van der Waals surface area contributed by atoms with E-state index in [1.165, 1.54) is 16.4 Å². The monoisotopic (exact) mass is 394 g/mol. The van der Waals surface area contributed by atoms with E-state index in [4.69, 9.17) is 4.74 Å². The second-order valence-corrected chi connectivity index (χ2v) is 8.32. The van der Waals surface area contributed by atoms with Gasteiger partial charge >= 0.3 is 5.97 Å². The molecule has 1 fully saturated rings. The highest BCUT2D eigenvalue weighted by Gasteiger charge is 2.27. The van der Waals surface area contributed by atoms with Crippen molar-refractivity contribution in [3.8, 4) is 0 Å². The average Bonchev–Trinajstić information content (AvgIpc) is 2.66. The molecule has 0 spiro atoms. The number of carbonyl (C=O) groups is 2. The van der Waals surface area contributed by atoms with Crippen molar-refractivity contribution in [3.63, 3.8) is 0 Å². The number of amides is 1. The molecule has 1 heterocycles. The molecule has 8 heteroatoms. The first-order chi connectivity index (χ1) is 12.8. The molecule has 1 amide bonds. The maximum absolute atomic E-state index is 12.9. The van der Waals surface area contributed by atoms with Crippen molar-refractivity contribution >= 4 is 27.6 Å². The Morgan fingerprint density at radius 1 is 1.22 bits per heavy atom. The van der Waals surface area contributed by atoms with Crippen molar-refractivity contribution in [1.29, 1.82) is 0 Å². The number of nitrogens with one attached hydrogen (secondary N) is 1. The number of esters is 1. The zero-order valence-corrected chi connectivity index (χ0v) is 16.5. The number of sulfonamides is 1. The van der Waals surface area contributed by atoms with Crippen LogP contribution in [0.1, 0.15) is 38.2 Å². The van der Waals surface area contributed by atoms with Crippen LogP contribution in [0.5, 0.6) is 0 Å². The molecule has 1 saturated heterocycles. The minimum Gasteiger partial charge on any atom is -0.452 e. The van der Waals surface area contributed by atoms with Crippen molar-refractivity contribution in [2.75, 3.05) is 25.0 Å². The largest absolute Gasteiger partial charge is 0.452 e. The molecule has 7 nitrogen and oxygen atoms in total. The summed E-state index contributed by atoms with van der Waals surface area (Å²) in [6.45, 7) is 4.20. The van der Waals surface area contributed by atoms with Crippen molar-refractivity contribution < 1.29 is 22.7 Å². The van der Waals surface area contributed by atoms with Crippen LogP contribution in [0.25, 0.3) is 0 Å². The van der Waals surface area contributed by atoms with Gasteiger partial charge in [-0.25, -0.2) is 13.2 Å². The molecule has 1 aromatic rings. The molecule has 0 radical (unpaired) electrons. The van der Waals surface area contributed by atoms with Crippen LogP contribution in [0.15, 0.2) is 35.2 Å². The predicted molar refractivity (Wildman–Crippen MR) is 103 cm³/mol. The van der Waals surface area contributed by atoms with Gasteiger partial charge in [0, 0.05) is 24.9 Å². The lowest BCUT2D eigenvalue weighted by Crippen LogP contribution is -2.36. The molecule has 148 valence electrons. The Kier molecular flexibility index (Phi) is 7.55. The summed E-state index contributed by atoms with van der Waals surface area (Å²) in [5.74, 6) is -1.12. The normalized spacial score (nSPS) is 15.6. The Morgan fingerprint density at radius 2 is 1.93 bits per heavy atom. The lowest BCUT2D eigenvalue weighted by Gasteiger charge is -2.26. The number of piperidine rings is 1. The fraction of sp³-hybridized carbons (Fsp3) is 0.474. The number of carbonyl (C=O) groups excluding carboxylic acids is 2. The number of allylic oxidation sites excluding steroid dienone is 1. The fourth-order valence-electron chi connectivity index (χ4n) is 2.80. The van der Waals surface area contributed by atoms with Gasteiger partial charge < -0.3 is 10.1 Å². The van der Waals surface area contributed by atoms with Gasteiger partial charge in [-0.3, -0.25) is 4.79 Å². The zero-order valence-electron chi connectivity index (χ0n) is 15.7. The van der Waals surface area contributed by atoms with Crippen LogP contribution in [-0.2, 0) is 24.3 Å². The van der Waals surface area contributed by atoms with Crippen molar-refractivity contribution in [2.45, 2.75) is 44.4 Å². The maximum Gasteiger partial charge on any atom is 0.330 e. The zero-order chi connectivity index (χ0) is 19.9. The molecule has 0 bridgehead atoms. The summed E-state index contributed by atoms with van der Waals surface area (Å²) < 4.78 is 32.1. The second kappa shape index (κ2) is 9.66. The van der Waals surface area contributed by atoms with Crippen LogP contribution >= 0.6 is 0 Å². The number of aryl methyl sites for hydroxylation is 1. The van der Waals surface area contributed by atoms with E-state index in [2.05, 4.69) is 5.32 Å². The van der Waals surface area contributed by atoms with Gasteiger partial charge in [0.25, 0.3) is 5.91 Å². The third-order valence-electron chi connectivity index (χ3n) is 4.24. The number of hydrogen-bond acceptors (Lipinski definition) is 5. The van der Waals surface area contributed by atoms with Crippen LogP contribution < -0.4 is 5.32 Å². The Morgan fingerprint density at radius 3 is 2.59 bits per heavy atom. The first-order valence-electron chi connectivity index (χ1n) is 9.08. The molecule has 1 aliphatic heterocycles. The molecule has 2 rings (SSSR count). The first kappa shape index (κ1) is 21.1. The van der Waals surface area contributed by atoms with Crippen molar-refractivity contribution in [2.24, 2.45) is 0 Å². The van der Waals surface area contributed by atoms with Crippen LogP contribution in [0, 0.1) is 6.92 Å². The molecule has 0 aromatic heterocycles. The van der Waals surface area contributed by atoms with Gasteiger partial charge in [0.15, 0.2) is 6.61 Å². The summed E-state index contributed by atoms with van der Waals surface area (Å²) in [5, 5.41) is 2.57. The molecule has 1 aromatic carbocycles. The van der Waals surface area contributed by atoms with Gasteiger partial charge in [-0.2, -0.15) is 4.31 Å². The minimum atomic E-state index is -3.60. The Hall–Kier alpha value is -2.19. The van der Waals surface area contributed by atoms with E-state index in [1.807, 2.05) is 6.92 Å². The summed E-state index contributed by atoms with van der Waals surface area (Å²) in [6.07, 6.45) is 6.34. The predicted octanol–water partition coefficient (Wildman–Crippen LogP) is 2.62. The maximum atomic E-state index is 12.9. The first-order valence-corrected chi connectivity index (χ1v) is 10.5. The van der Waals surface area contributed by atoms with Crippen LogP contribution in [-0.4, -0.2) is 44.3 Å². The molecule has 1 N–H and O–H groups in total. The molecule has 0 saturated carbocycles. The highest BCUT2D eigenvalue weighted by atomic mass is 32.2. The summed E-state index contributed by atoms with van der Waals surface area (Å²) in [5.41, 5.74) is 0.969. The lowest BCUT2D eigenvalue weighted by atomic mass is 10.2. The number of rotatable bonds is 7. The van der Waals surface area contributed by atoms with Gasteiger partial charge in [0.1, 0.15) is 0 Å². The van der Waals surface area contributed by atoms with Gasteiger partial charge in [-0.15, -0.1) is 0 Å². The molecule has 27 heavy (non-hydrogen) atoms. The van der Waals surface area contributed by atoms with Gasteiger partial charge in [-0.1, -0.05) is 25.5 Å². The number of anilines is 1. The van der Waals surface area contributed by atoms with Crippen LogP contribution in [0.3, 0.4) is 0 Å². The van der Waals surface area contributed by atoms with Crippen molar-refractivity contribution in [1.82, 2.24) is 4.31 Å². The minimum absolute atomic E-state index is 0.185. The van der Waals surface area contributed by atoms with E-state index >= 15 is 0 Å². The van der Waals surface area contributed by atoms with Crippen LogP contribution in [0.2, 0.25) is 0 Å². The molecular formula is C19H26N2O5S. The van der Waals surface area contributed by atoms with Gasteiger partial charge in [-0.05, 0) is 43.9 Å². The van der Waals surface area contributed by atoms with Crippen LogP contribution in [0.4, 0.5) is 5.69 Å². The third kappa shape index (κ3) is 5.90. The van der Waals surface area contributed by atoms with E-state index in [0.29, 0.717) is 30.8 Å². The third-order valence-corrected chi connectivity index (χ3v) is 6.28. The highest BCUT2D eigenvalue weighted by molar-refractivity contribution is 7.89. The lowest BCUT2D eigenvalue weighted by molar-refractivity contribution is -0.142. The fourth-order valence-corrected chi connectivity index (χ4v) is 4.56. The number of benzene rings is 1. The van der Waals surface area contributed by atoms with E-state index in [1.54, 1.807) is 25.1 Å². The summed E-state index contributed by atoms with van der Waals surface area (Å²) in [4.78, 5) is 23.5. The number of ether oxygens (including phenoxy) is 1. The van der Waals surface area contributed by atoms with E-state index in [9.17, 15) is 18.0 Å². The van der Waals surface area contributed by atoms with Crippen molar-refractivity contribution in [3.05, 3.63) is 35.9 Å². The summed E-state index contributed by atoms with van der Waals surface area (Å²) in [7, 11) is -3.60. The number of nitrogens with zero attached hydrogens (tertiary/aromatic N) is 1. The Bertz CT molecular complexity index is 811. The van der Waals surface area contributed by atoms with E-state index < -0.39 is 28.5 Å². The Balaban J connectivity index is 2.07. The molecule has 0 atom stereocenters. The molecule has 1 aliphatic rings. The SMILES string of the molecule is CC/C=C/C(=O)OCC(=O)Nc1ccc(C)c(S(=O)(=O)N2CCCCC2)c1. The quantitative estimate of drug-likeness (QED) is 0.567.